The van der Waals surface area contributed by atoms with Gasteiger partial charge in [-0.2, -0.15) is 0 Å². The van der Waals surface area contributed by atoms with Crippen LogP contribution in [0.4, 0.5) is 0 Å². The molecule has 158 valence electrons. The molecule has 0 spiro atoms. The van der Waals surface area contributed by atoms with Crippen molar-refractivity contribution < 1.29 is 14.3 Å². The minimum Gasteiger partial charge on any atom is -0.451 e. The number of ketones is 1. The van der Waals surface area contributed by atoms with Gasteiger partial charge in [-0.1, -0.05) is 18.2 Å². The van der Waals surface area contributed by atoms with Gasteiger partial charge in [0.1, 0.15) is 5.69 Å². The SMILES string of the molecule is CCn1c(=O)c(C)nc2cc(C(=O)O[C@@H](C)C(=O)c3c(C)[nH]c4ccccc34)ccc21. The molecule has 0 aliphatic heterocycles. The van der Waals surface area contributed by atoms with E-state index in [1.807, 2.05) is 38.1 Å². The van der Waals surface area contributed by atoms with E-state index >= 15 is 0 Å². The minimum atomic E-state index is -0.958. The molecular formula is C24H23N3O4. The normalized spacial score (nSPS) is 12.3. The van der Waals surface area contributed by atoms with Crippen molar-refractivity contribution in [2.24, 2.45) is 0 Å². The van der Waals surface area contributed by atoms with Crippen LogP contribution < -0.4 is 5.56 Å². The molecule has 4 rings (SSSR count). The summed E-state index contributed by atoms with van der Waals surface area (Å²) in [5.41, 5.74) is 3.77. The summed E-state index contributed by atoms with van der Waals surface area (Å²) in [6.07, 6.45) is -0.958. The van der Waals surface area contributed by atoms with Gasteiger partial charge in [-0.3, -0.25) is 9.59 Å². The Hall–Kier alpha value is -3.74. The highest BCUT2D eigenvalue weighted by Gasteiger charge is 2.25. The van der Waals surface area contributed by atoms with E-state index in [0.717, 1.165) is 16.6 Å². The van der Waals surface area contributed by atoms with Gasteiger partial charge < -0.3 is 14.3 Å². The second kappa shape index (κ2) is 7.83. The van der Waals surface area contributed by atoms with Gasteiger partial charge >= 0.3 is 5.97 Å². The van der Waals surface area contributed by atoms with Gasteiger partial charge in [-0.25, -0.2) is 9.78 Å². The number of aromatic nitrogens is 3. The number of nitrogens with one attached hydrogen (secondary N) is 1. The van der Waals surface area contributed by atoms with Gasteiger partial charge in [-0.05, 0) is 52.0 Å². The number of carbonyl (C=O) groups excluding carboxylic acids is 2. The molecule has 2 heterocycles. The third-order valence-corrected chi connectivity index (χ3v) is 5.45. The van der Waals surface area contributed by atoms with E-state index in [1.165, 1.54) is 0 Å². The monoisotopic (exact) mass is 417 g/mol. The number of hydrogen-bond acceptors (Lipinski definition) is 5. The molecule has 0 unspecified atom stereocenters. The minimum absolute atomic E-state index is 0.154. The number of aromatic amines is 1. The topological polar surface area (TPSA) is 94.0 Å². The maximum Gasteiger partial charge on any atom is 0.338 e. The number of Topliss-reactive ketones (excluding diaryl/α,β-unsaturated/α-hetero) is 1. The zero-order chi connectivity index (χ0) is 22.3. The second-order valence-corrected chi connectivity index (χ2v) is 7.53. The van der Waals surface area contributed by atoms with Gasteiger partial charge in [0.15, 0.2) is 6.10 Å². The summed E-state index contributed by atoms with van der Waals surface area (Å²) in [5, 5.41) is 0.802. The van der Waals surface area contributed by atoms with E-state index in [4.69, 9.17) is 4.74 Å². The molecule has 7 heteroatoms. The standard InChI is InChI=1S/C24H23N3O4/c1-5-27-20-11-10-16(12-19(20)26-14(3)23(27)29)24(30)31-15(4)22(28)21-13(2)25-18-9-7-6-8-17(18)21/h6-12,15,25H,5H2,1-4H3/t15-/m0/s1. The number of carbonyl (C=O) groups is 2. The Balaban J connectivity index is 1.62. The smallest absolute Gasteiger partial charge is 0.338 e. The zero-order valence-corrected chi connectivity index (χ0v) is 17.9. The molecule has 2 aromatic heterocycles. The molecule has 1 atom stereocenters. The lowest BCUT2D eigenvalue weighted by Gasteiger charge is -2.14. The fraction of sp³-hybridized carbons (Fsp3) is 0.250. The summed E-state index contributed by atoms with van der Waals surface area (Å²) in [6, 6.07) is 12.4. The summed E-state index contributed by atoms with van der Waals surface area (Å²) in [5.74, 6) is -0.883. The number of rotatable bonds is 5. The summed E-state index contributed by atoms with van der Waals surface area (Å²) < 4.78 is 7.10. The van der Waals surface area contributed by atoms with Gasteiger partial charge in [0.2, 0.25) is 5.78 Å². The fourth-order valence-electron chi connectivity index (χ4n) is 3.89. The quantitative estimate of drug-likeness (QED) is 0.392. The molecule has 0 saturated heterocycles. The Labute approximate surface area is 178 Å². The van der Waals surface area contributed by atoms with Gasteiger partial charge in [-0.15, -0.1) is 0 Å². The highest BCUT2D eigenvalue weighted by molar-refractivity contribution is 6.11. The molecule has 0 bridgehead atoms. The maximum atomic E-state index is 13.0. The van der Waals surface area contributed by atoms with Crippen LogP contribution in [0.3, 0.4) is 0 Å². The van der Waals surface area contributed by atoms with E-state index in [0.29, 0.717) is 28.8 Å². The van der Waals surface area contributed by atoms with Crippen LogP contribution in [0.2, 0.25) is 0 Å². The van der Waals surface area contributed by atoms with Crippen molar-refractivity contribution in [2.75, 3.05) is 0 Å². The first kappa shape index (κ1) is 20.5. The van der Waals surface area contributed by atoms with Crippen LogP contribution in [0.1, 0.15) is 46.0 Å². The van der Waals surface area contributed by atoms with E-state index in [2.05, 4.69) is 9.97 Å². The van der Waals surface area contributed by atoms with Crippen LogP contribution in [-0.2, 0) is 11.3 Å². The summed E-state index contributed by atoms with van der Waals surface area (Å²) >= 11 is 0. The largest absolute Gasteiger partial charge is 0.451 e. The number of para-hydroxylation sites is 1. The highest BCUT2D eigenvalue weighted by atomic mass is 16.5. The van der Waals surface area contributed by atoms with Crippen LogP contribution in [0, 0.1) is 13.8 Å². The molecule has 2 aromatic carbocycles. The van der Waals surface area contributed by atoms with E-state index in [-0.39, 0.29) is 16.9 Å². The molecule has 0 saturated carbocycles. The molecule has 0 aliphatic carbocycles. The van der Waals surface area contributed by atoms with Crippen molar-refractivity contribution in [2.45, 2.75) is 40.3 Å². The molecule has 0 aliphatic rings. The third-order valence-electron chi connectivity index (χ3n) is 5.45. The van der Waals surface area contributed by atoms with Gasteiger partial charge in [0.25, 0.3) is 5.56 Å². The maximum absolute atomic E-state index is 13.0. The van der Waals surface area contributed by atoms with E-state index in [1.54, 1.807) is 36.6 Å². The number of fused-ring (bicyclic) bond motifs is 2. The molecule has 1 N–H and O–H groups in total. The molecule has 7 nitrogen and oxygen atoms in total. The molecule has 4 aromatic rings. The molecular weight excluding hydrogens is 394 g/mol. The van der Waals surface area contributed by atoms with Crippen molar-refractivity contribution in [1.82, 2.24) is 14.5 Å². The van der Waals surface area contributed by atoms with E-state index in [9.17, 15) is 14.4 Å². The lowest BCUT2D eigenvalue weighted by molar-refractivity contribution is 0.0319. The van der Waals surface area contributed by atoms with Gasteiger partial charge in [0.05, 0.1) is 16.6 Å². The van der Waals surface area contributed by atoms with Crippen molar-refractivity contribution in [3.63, 3.8) is 0 Å². The molecule has 0 radical (unpaired) electrons. The average Bonchev–Trinajstić information content (AvgIpc) is 3.09. The first-order valence-corrected chi connectivity index (χ1v) is 10.2. The number of ether oxygens (including phenoxy) is 1. The lowest BCUT2D eigenvalue weighted by Crippen LogP contribution is -2.25. The van der Waals surface area contributed by atoms with E-state index < -0.39 is 12.1 Å². The molecule has 0 fully saturated rings. The van der Waals surface area contributed by atoms with Crippen molar-refractivity contribution >= 4 is 33.7 Å². The summed E-state index contributed by atoms with van der Waals surface area (Å²) in [6.45, 7) is 7.41. The van der Waals surface area contributed by atoms with Crippen LogP contribution in [-0.4, -0.2) is 32.4 Å². The van der Waals surface area contributed by atoms with Crippen LogP contribution in [0.15, 0.2) is 47.3 Å². The van der Waals surface area contributed by atoms with Crippen LogP contribution in [0.5, 0.6) is 0 Å². The second-order valence-electron chi connectivity index (χ2n) is 7.53. The molecule has 31 heavy (non-hydrogen) atoms. The van der Waals surface area contributed by atoms with Crippen molar-refractivity contribution in [1.29, 1.82) is 0 Å². The Morgan fingerprint density at radius 1 is 1.16 bits per heavy atom. The summed E-state index contributed by atoms with van der Waals surface area (Å²) in [7, 11) is 0. The van der Waals surface area contributed by atoms with Crippen molar-refractivity contribution in [3.8, 4) is 0 Å². The van der Waals surface area contributed by atoms with Crippen LogP contribution in [0.25, 0.3) is 21.9 Å². The Morgan fingerprint density at radius 2 is 1.90 bits per heavy atom. The lowest BCUT2D eigenvalue weighted by atomic mass is 10.0. The number of benzene rings is 2. The number of H-pyrrole nitrogens is 1. The predicted octanol–water partition coefficient (Wildman–Crippen LogP) is 3.94. The number of nitrogens with zero attached hydrogens (tertiary/aromatic N) is 2. The summed E-state index contributed by atoms with van der Waals surface area (Å²) in [4.78, 5) is 45.5. The van der Waals surface area contributed by atoms with Crippen LogP contribution >= 0.6 is 0 Å². The average molecular weight is 417 g/mol. The zero-order valence-electron chi connectivity index (χ0n) is 17.9. The molecule has 0 amide bonds. The number of aryl methyl sites for hydroxylation is 3. The van der Waals surface area contributed by atoms with Gasteiger partial charge in [0, 0.05) is 28.7 Å². The number of esters is 1. The first-order valence-electron chi connectivity index (χ1n) is 10.2. The Morgan fingerprint density at radius 3 is 2.65 bits per heavy atom. The van der Waals surface area contributed by atoms with Crippen molar-refractivity contribution in [3.05, 3.63) is 75.3 Å². The Bertz CT molecular complexity index is 1400. The predicted molar refractivity (Wildman–Crippen MR) is 119 cm³/mol. The highest BCUT2D eigenvalue weighted by Crippen LogP contribution is 2.24. The third kappa shape index (κ3) is 3.52. The fourth-order valence-corrected chi connectivity index (χ4v) is 3.89. The Kier molecular flexibility index (Phi) is 5.19. The first-order chi connectivity index (χ1) is 14.8. The number of hydrogen-bond donors (Lipinski definition) is 1.